The Morgan fingerprint density at radius 1 is 1.03 bits per heavy atom. The van der Waals surface area contributed by atoms with E-state index in [1.54, 1.807) is 0 Å². The maximum Gasteiger partial charge on any atom is 0.315 e. The van der Waals surface area contributed by atoms with E-state index in [2.05, 4.69) is 27.7 Å². The van der Waals surface area contributed by atoms with Gasteiger partial charge in [0, 0.05) is 50.0 Å². The second-order valence-electron chi connectivity index (χ2n) is 8.35. The van der Waals surface area contributed by atoms with Crippen LogP contribution in [-0.4, -0.2) is 44.2 Å². The molecule has 2 N–H and O–H groups in total. The zero-order valence-electron chi connectivity index (χ0n) is 18.2. The molecule has 4 rings (SSSR count). The van der Waals surface area contributed by atoms with Gasteiger partial charge in [0.15, 0.2) is 0 Å². The highest BCUT2D eigenvalue weighted by Gasteiger charge is 2.24. The van der Waals surface area contributed by atoms with Gasteiger partial charge in [-0.05, 0) is 61.6 Å². The van der Waals surface area contributed by atoms with Gasteiger partial charge in [0.1, 0.15) is 0 Å². The van der Waals surface area contributed by atoms with Crippen molar-refractivity contribution in [3.05, 3.63) is 59.7 Å². The number of fused-ring (bicyclic) bond motifs is 1. The smallest absolute Gasteiger partial charge is 0.315 e. The topological polar surface area (TPSA) is 88.5 Å². The van der Waals surface area contributed by atoms with E-state index >= 15 is 0 Å². The minimum atomic E-state index is -0.166. The van der Waals surface area contributed by atoms with E-state index in [0.29, 0.717) is 24.9 Å². The number of urea groups is 1. The Labute approximate surface area is 189 Å². The molecule has 2 aromatic carbocycles. The molecule has 7 heteroatoms. The number of nitrogens with zero attached hydrogens (tertiary/aromatic N) is 3. The average Bonchev–Trinajstić information content (AvgIpc) is 3.27. The molecule has 0 bridgehead atoms. The van der Waals surface area contributed by atoms with Crippen LogP contribution in [0.1, 0.15) is 36.8 Å². The summed E-state index contributed by atoms with van der Waals surface area (Å²) >= 11 is 0. The molecular formula is C25H29N5O2. The fourth-order valence-electron chi connectivity index (χ4n) is 4.44. The summed E-state index contributed by atoms with van der Waals surface area (Å²) in [5.74, 6) is 0.118. The molecule has 7 nitrogen and oxygen atoms in total. The predicted molar refractivity (Wildman–Crippen MR) is 125 cm³/mol. The molecule has 2 heterocycles. The first-order valence-corrected chi connectivity index (χ1v) is 11.3. The van der Waals surface area contributed by atoms with Gasteiger partial charge < -0.3 is 20.4 Å². The number of nitriles is 1. The number of carbonyl (C=O) groups excluding carboxylic acids is 2. The molecule has 0 unspecified atom stereocenters. The predicted octanol–water partition coefficient (Wildman–Crippen LogP) is 3.20. The number of hydrogen-bond acceptors (Lipinski definition) is 4. The number of amides is 3. The zero-order chi connectivity index (χ0) is 22.3. The maximum absolute atomic E-state index is 12.5. The third kappa shape index (κ3) is 5.20. The lowest BCUT2D eigenvalue weighted by molar-refractivity contribution is -0.118. The molecule has 2 aromatic rings. The lowest BCUT2D eigenvalue weighted by atomic mass is 10.0. The van der Waals surface area contributed by atoms with Gasteiger partial charge in [-0.1, -0.05) is 18.2 Å². The van der Waals surface area contributed by atoms with Crippen molar-refractivity contribution in [3.63, 3.8) is 0 Å². The lowest BCUT2D eigenvalue weighted by Crippen LogP contribution is -2.48. The molecule has 0 spiro atoms. The molecule has 0 aliphatic carbocycles. The Balaban J connectivity index is 1.13. The van der Waals surface area contributed by atoms with E-state index < -0.39 is 0 Å². The molecule has 0 aromatic heterocycles. The third-order valence-corrected chi connectivity index (χ3v) is 6.23. The highest BCUT2D eigenvalue weighted by Crippen LogP contribution is 2.28. The summed E-state index contributed by atoms with van der Waals surface area (Å²) < 4.78 is 0. The van der Waals surface area contributed by atoms with Crippen LogP contribution in [0.2, 0.25) is 0 Å². The average molecular weight is 432 g/mol. The Kier molecular flexibility index (Phi) is 6.90. The highest BCUT2D eigenvalue weighted by molar-refractivity contribution is 5.95. The lowest BCUT2D eigenvalue weighted by Gasteiger charge is -2.34. The van der Waals surface area contributed by atoms with Crippen molar-refractivity contribution >= 4 is 23.3 Å². The number of nitrogens with one attached hydrogen (secondary N) is 2. The SMILES string of the molecule is N#Cc1ccc(N2CCC(NC(=O)NCCCC(=O)N3CCc4ccccc43)CC2)cc1. The number of rotatable bonds is 6. The fourth-order valence-corrected chi connectivity index (χ4v) is 4.44. The minimum Gasteiger partial charge on any atom is -0.371 e. The van der Waals surface area contributed by atoms with Crippen LogP contribution in [0, 0.1) is 11.3 Å². The summed E-state index contributed by atoms with van der Waals surface area (Å²) in [6.07, 6.45) is 3.72. The summed E-state index contributed by atoms with van der Waals surface area (Å²) in [7, 11) is 0. The van der Waals surface area contributed by atoms with E-state index in [1.165, 1.54) is 5.56 Å². The summed E-state index contributed by atoms with van der Waals surface area (Å²) in [6.45, 7) is 2.95. The Morgan fingerprint density at radius 3 is 2.53 bits per heavy atom. The number of carbonyl (C=O) groups is 2. The molecule has 1 fully saturated rings. The van der Waals surface area contributed by atoms with Crippen molar-refractivity contribution in [3.8, 4) is 6.07 Å². The summed E-state index contributed by atoms with van der Waals surface area (Å²) in [5, 5.41) is 14.9. The number of anilines is 2. The van der Waals surface area contributed by atoms with Gasteiger partial charge in [-0.15, -0.1) is 0 Å². The fraction of sp³-hybridized carbons (Fsp3) is 0.400. The first-order chi connectivity index (χ1) is 15.6. The van der Waals surface area contributed by atoms with Crippen molar-refractivity contribution in [1.29, 1.82) is 5.26 Å². The van der Waals surface area contributed by atoms with Crippen LogP contribution in [-0.2, 0) is 11.2 Å². The summed E-state index contributed by atoms with van der Waals surface area (Å²) in [6, 6.07) is 17.8. The number of benzene rings is 2. The van der Waals surface area contributed by atoms with Gasteiger partial charge in [0.05, 0.1) is 11.6 Å². The Hall–Kier alpha value is -3.53. The highest BCUT2D eigenvalue weighted by atomic mass is 16.2. The van der Waals surface area contributed by atoms with Gasteiger partial charge in [-0.2, -0.15) is 5.26 Å². The van der Waals surface area contributed by atoms with Crippen LogP contribution in [0.5, 0.6) is 0 Å². The second kappa shape index (κ2) is 10.2. The van der Waals surface area contributed by atoms with Gasteiger partial charge in [0.2, 0.25) is 5.91 Å². The number of hydrogen-bond donors (Lipinski definition) is 2. The van der Waals surface area contributed by atoms with Gasteiger partial charge in [0.25, 0.3) is 0 Å². The molecule has 2 aliphatic heterocycles. The molecule has 1 saturated heterocycles. The first-order valence-electron chi connectivity index (χ1n) is 11.3. The van der Waals surface area contributed by atoms with Crippen molar-refractivity contribution in [2.45, 2.75) is 38.1 Å². The Morgan fingerprint density at radius 2 is 1.78 bits per heavy atom. The quantitative estimate of drug-likeness (QED) is 0.688. The third-order valence-electron chi connectivity index (χ3n) is 6.23. The maximum atomic E-state index is 12.5. The second-order valence-corrected chi connectivity index (χ2v) is 8.35. The molecule has 0 radical (unpaired) electrons. The summed E-state index contributed by atoms with van der Waals surface area (Å²) in [5.41, 5.74) is 4.02. The van der Waals surface area contributed by atoms with E-state index in [1.807, 2.05) is 47.4 Å². The van der Waals surface area contributed by atoms with Crippen LogP contribution in [0.3, 0.4) is 0 Å². The van der Waals surface area contributed by atoms with Crippen LogP contribution in [0.15, 0.2) is 48.5 Å². The summed E-state index contributed by atoms with van der Waals surface area (Å²) in [4.78, 5) is 28.9. The number of para-hydroxylation sites is 1. The molecular weight excluding hydrogens is 402 g/mol. The van der Waals surface area contributed by atoms with Crippen LogP contribution in [0.25, 0.3) is 0 Å². The van der Waals surface area contributed by atoms with E-state index in [0.717, 1.165) is 50.3 Å². The largest absolute Gasteiger partial charge is 0.371 e. The molecule has 32 heavy (non-hydrogen) atoms. The van der Waals surface area contributed by atoms with Gasteiger partial charge >= 0.3 is 6.03 Å². The van der Waals surface area contributed by atoms with E-state index in [4.69, 9.17) is 5.26 Å². The van der Waals surface area contributed by atoms with Crippen LogP contribution >= 0.6 is 0 Å². The monoisotopic (exact) mass is 431 g/mol. The Bertz CT molecular complexity index is 990. The van der Waals surface area contributed by atoms with Crippen molar-refractivity contribution < 1.29 is 9.59 Å². The number of piperidine rings is 1. The van der Waals surface area contributed by atoms with Crippen LogP contribution < -0.4 is 20.4 Å². The van der Waals surface area contributed by atoms with Crippen molar-refractivity contribution in [2.24, 2.45) is 0 Å². The van der Waals surface area contributed by atoms with Crippen LogP contribution in [0.4, 0.5) is 16.2 Å². The molecule has 166 valence electrons. The van der Waals surface area contributed by atoms with E-state index in [-0.39, 0.29) is 18.0 Å². The standard InChI is InChI=1S/C25H29N5O2/c26-18-19-7-9-22(10-8-19)29-15-12-21(13-16-29)28-25(32)27-14-3-6-24(31)30-17-11-20-4-1-2-5-23(20)30/h1-2,4-5,7-10,21H,3,6,11-17H2,(H2,27,28,32). The van der Waals surface area contributed by atoms with Crippen molar-refractivity contribution in [1.82, 2.24) is 10.6 Å². The normalized spacial score (nSPS) is 15.7. The molecule has 0 atom stereocenters. The van der Waals surface area contributed by atoms with Gasteiger partial charge in [-0.25, -0.2) is 4.79 Å². The van der Waals surface area contributed by atoms with Crippen molar-refractivity contribution in [2.75, 3.05) is 36.0 Å². The molecule has 2 aliphatic rings. The van der Waals surface area contributed by atoms with E-state index in [9.17, 15) is 9.59 Å². The molecule has 0 saturated carbocycles. The van der Waals surface area contributed by atoms with Gasteiger partial charge in [-0.3, -0.25) is 4.79 Å². The molecule has 3 amide bonds. The minimum absolute atomic E-state index is 0.118. The zero-order valence-corrected chi connectivity index (χ0v) is 18.2. The first kappa shape index (κ1) is 21.7.